The van der Waals surface area contributed by atoms with E-state index in [0.717, 1.165) is 22.1 Å². The normalized spacial score (nSPS) is 10.5. The van der Waals surface area contributed by atoms with Crippen LogP contribution < -0.4 is 0 Å². The molecule has 3 heteroatoms. The van der Waals surface area contributed by atoms with Gasteiger partial charge in [-0.1, -0.05) is 72.8 Å². The van der Waals surface area contributed by atoms with Crippen molar-refractivity contribution >= 4 is 53.7 Å². The van der Waals surface area contributed by atoms with Crippen molar-refractivity contribution in [3.05, 3.63) is 109 Å². The maximum Gasteiger partial charge on any atom is 0.0709 e. The third-order valence-corrected chi connectivity index (χ3v) is 4.85. The van der Waals surface area contributed by atoms with Crippen LogP contribution in [0.3, 0.4) is 0 Å². The van der Waals surface area contributed by atoms with Gasteiger partial charge in [0.15, 0.2) is 0 Å². The largest absolute Gasteiger partial charge is 0.248 e. The first-order valence-corrected chi connectivity index (χ1v) is 9.36. The number of para-hydroxylation sites is 4. The van der Waals surface area contributed by atoms with Crippen LogP contribution in [-0.2, 0) is 0 Å². The summed E-state index contributed by atoms with van der Waals surface area (Å²) in [6.07, 6.45) is 0. The molecule has 0 atom stereocenters. The van der Waals surface area contributed by atoms with Crippen LogP contribution in [0.15, 0.2) is 109 Å². The summed E-state index contributed by atoms with van der Waals surface area (Å²) in [7, 11) is 0. The third-order valence-electron chi connectivity index (χ3n) is 4.85. The molecule has 0 radical (unpaired) electrons. The fourth-order valence-corrected chi connectivity index (χ4v) is 3.44. The summed E-state index contributed by atoms with van der Waals surface area (Å²) >= 11 is 0. The van der Waals surface area contributed by atoms with E-state index in [1.165, 1.54) is 21.5 Å². The molecule has 0 bridgehead atoms. The zero-order valence-electron chi connectivity index (χ0n) is 15.3. The van der Waals surface area contributed by atoms with Gasteiger partial charge >= 0.3 is 10.1 Å². The standard InChI is InChI=1S/2C13H9N.Be.2H/c2*1-3-7-12-10(5-1)9-11-6-2-4-8-13(11)14-12;;;/h2*1-9H;;;. The molecule has 0 fully saturated rings. The van der Waals surface area contributed by atoms with Crippen molar-refractivity contribution in [2.45, 2.75) is 0 Å². The molecular weight excluding hydrogens is 349 g/mol. The zero-order valence-corrected chi connectivity index (χ0v) is 15.3. The summed E-state index contributed by atoms with van der Waals surface area (Å²) in [5.74, 6) is 0. The molecule has 2 aromatic heterocycles. The van der Waals surface area contributed by atoms with E-state index in [4.69, 9.17) is 0 Å². The van der Waals surface area contributed by atoms with Crippen LogP contribution in [0.4, 0.5) is 0 Å². The maximum atomic E-state index is 4.58. The predicted molar refractivity (Wildman–Crippen MR) is 127 cm³/mol. The molecule has 0 aliphatic rings. The smallest absolute Gasteiger partial charge is 0.0709 e. The summed E-state index contributed by atoms with van der Waals surface area (Å²) in [5.41, 5.74) is 4.25. The Labute approximate surface area is 173 Å². The molecule has 136 valence electrons. The van der Waals surface area contributed by atoms with Crippen molar-refractivity contribution in [2.24, 2.45) is 0 Å². The van der Waals surface area contributed by atoms with Crippen LogP contribution >= 0.6 is 0 Å². The van der Waals surface area contributed by atoms with E-state index in [1.807, 2.05) is 72.8 Å². The number of hydrogen-bond donors (Lipinski definition) is 0. The second-order valence-corrected chi connectivity index (χ2v) is 6.75. The van der Waals surface area contributed by atoms with Crippen molar-refractivity contribution in [3.8, 4) is 0 Å². The molecule has 2 nitrogen and oxygen atoms in total. The summed E-state index contributed by atoms with van der Waals surface area (Å²) in [6.45, 7) is 0. The Morgan fingerprint density at radius 1 is 0.345 bits per heavy atom. The number of benzene rings is 4. The van der Waals surface area contributed by atoms with Gasteiger partial charge in [0.05, 0.1) is 22.1 Å². The molecule has 0 spiro atoms. The Morgan fingerprint density at radius 2 is 0.586 bits per heavy atom. The van der Waals surface area contributed by atoms with Gasteiger partial charge in [0.2, 0.25) is 0 Å². The minimum absolute atomic E-state index is 0. The minimum atomic E-state index is 0. The fraction of sp³-hybridized carbons (Fsp3) is 0. The Balaban J connectivity index is 0.000000137. The van der Waals surface area contributed by atoms with E-state index in [-0.39, 0.29) is 10.1 Å². The van der Waals surface area contributed by atoms with Gasteiger partial charge in [-0.2, -0.15) is 0 Å². The first-order chi connectivity index (χ1) is 13.9. The monoisotopic (exact) mass is 369 g/mol. The number of hydrogen-bond acceptors (Lipinski definition) is 2. The topological polar surface area (TPSA) is 25.8 Å². The average Bonchev–Trinajstić information content (AvgIpc) is 2.76. The van der Waals surface area contributed by atoms with Crippen molar-refractivity contribution in [1.29, 1.82) is 0 Å². The first kappa shape index (κ1) is 18.7. The molecule has 0 aliphatic carbocycles. The number of aromatic nitrogens is 2. The fourth-order valence-electron chi connectivity index (χ4n) is 3.44. The van der Waals surface area contributed by atoms with Crippen LogP contribution in [0.2, 0.25) is 0 Å². The van der Waals surface area contributed by atoms with Crippen LogP contribution in [0.5, 0.6) is 0 Å². The number of pyridine rings is 2. The third kappa shape index (κ3) is 3.84. The molecule has 0 N–H and O–H groups in total. The van der Waals surface area contributed by atoms with E-state index in [0.29, 0.717) is 0 Å². The summed E-state index contributed by atoms with van der Waals surface area (Å²) in [6, 6.07) is 37.1. The SMILES string of the molecule is [BeH2].c1ccc2nc3ccccc3cc2c1.c1ccc2nc3ccccc3cc2c1. The maximum absolute atomic E-state index is 4.58. The van der Waals surface area contributed by atoms with Crippen LogP contribution in [0.1, 0.15) is 0 Å². The Morgan fingerprint density at radius 3 is 0.862 bits per heavy atom. The van der Waals surface area contributed by atoms with Gasteiger partial charge in [0.1, 0.15) is 0 Å². The van der Waals surface area contributed by atoms with E-state index in [9.17, 15) is 0 Å². The van der Waals surface area contributed by atoms with E-state index >= 15 is 0 Å². The zero-order chi connectivity index (χ0) is 18.8. The number of rotatable bonds is 0. The van der Waals surface area contributed by atoms with Gasteiger partial charge in [0, 0.05) is 21.5 Å². The molecule has 0 saturated heterocycles. The van der Waals surface area contributed by atoms with Crippen LogP contribution in [0, 0.1) is 0 Å². The molecule has 4 aromatic carbocycles. The van der Waals surface area contributed by atoms with Crippen LogP contribution in [-0.4, -0.2) is 20.1 Å². The van der Waals surface area contributed by atoms with E-state index in [2.05, 4.69) is 46.4 Å². The van der Waals surface area contributed by atoms with Gasteiger partial charge in [-0.05, 0) is 36.4 Å². The molecule has 29 heavy (non-hydrogen) atoms. The van der Waals surface area contributed by atoms with Crippen molar-refractivity contribution in [3.63, 3.8) is 0 Å². The molecular formula is C26H20BeN2. The molecule has 6 aromatic rings. The van der Waals surface area contributed by atoms with Crippen molar-refractivity contribution in [1.82, 2.24) is 9.97 Å². The quantitative estimate of drug-likeness (QED) is 0.248. The molecule has 6 rings (SSSR count). The number of fused-ring (bicyclic) bond motifs is 4. The second-order valence-electron chi connectivity index (χ2n) is 6.75. The van der Waals surface area contributed by atoms with Crippen LogP contribution in [0.25, 0.3) is 43.6 Å². The Hall–Kier alpha value is -3.61. The van der Waals surface area contributed by atoms with Gasteiger partial charge in [-0.15, -0.1) is 0 Å². The molecule has 0 aliphatic heterocycles. The number of nitrogens with zero attached hydrogens (tertiary/aromatic N) is 2. The minimum Gasteiger partial charge on any atom is -0.248 e. The summed E-state index contributed by atoms with van der Waals surface area (Å²) in [4.78, 5) is 9.16. The van der Waals surface area contributed by atoms with Crippen molar-refractivity contribution in [2.75, 3.05) is 0 Å². The Bertz CT molecular complexity index is 1110. The van der Waals surface area contributed by atoms with E-state index in [1.54, 1.807) is 0 Å². The predicted octanol–water partition coefficient (Wildman–Crippen LogP) is 5.86. The van der Waals surface area contributed by atoms with Gasteiger partial charge in [-0.3, -0.25) is 0 Å². The Kier molecular flexibility index (Phi) is 5.28. The molecule has 2 heterocycles. The molecule has 0 amide bonds. The van der Waals surface area contributed by atoms with Gasteiger partial charge < -0.3 is 0 Å². The van der Waals surface area contributed by atoms with Gasteiger partial charge in [0.25, 0.3) is 0 Å². The summed E-state index contributed by atoms with van der Waals surface area (Å²) < 4.78 is 0. The van der Waals surface area contributed by atoms with Crippen molar-refractivity contribution < 1.29 is 0 Å². The second kappa shape index (κ2) is 8.18. The first-order valence-electron chi connectivity index (χ1n) is 9.36. The molecule has 0 unspecified atom stereocenters. The average molecular weight is 369 g/mol. The van der Waals surface area contributed by atoms with Gasteiger partial charge in [-0.25, -0.2) is 9.97 Å². The van der Waals surface area contributed by atoms with E-state index < -0.39 is 0 Å². The summed E-state index contributed by atoms with van der Waals surface area (Å²) in [5, 5.41) is 4.80. The molecule has 0 saturated carbocycles.